The highest BCUT2D eigenvalue weighted by molar-refractivity contribution is 5.91. The van der Waals surface area contributed by atoms with Gasteiger partial charge >= 0.3 is 0 Å². The smallest absolute Gasteiger partial charge is 0.155 e. The lowest BCUT2D eigenvalue weighted by atomic mass is 9.48. The molecule has 1 N–H and O–H groups in total. The Hall–Kier alpha value is -0.700. The zero-order chi connectivity index (χ0) is 16.6. The molecule has 2 nitrogen and oxygen atoms in total. The number of hydrogen-bond acceptors (Lipinski definition) is 2. The first-order valence-electron chi connectivity index (χ1n) is 9.35. The topological polar surface area (TPSA) is 37.3 Å². The molecule has 0 saturated heterocycles. The van der Waals surface area contributed by atoms with Gasteiger partial charge in [0, 0.05) is 11.8 Å². The summed E-state index contributed by atoms with van der Waals surface area (Å²) in [6, 6.07) is 0. The van der Waals surface area contributed by atoms with Crippen LogP contribution in [0.3, 0.4) is 0 Å². The van der Waals surface area contributed by atoms with E-state index in [0.717, 1.165) is 25.7 Å². The summed E-state index contributed by atoms with van der Waals surface area (Å²) < 4.78 is 14.6. The Bertz CT molecular complexity index is 566. The molecule has 3 heteroatoms. The van der Waals surface area contributed by atoms with Gasteiger partial charge in [-0.05, 0) is 74.7 Å². The third kappa shape index (κ3) is 1.98. The number of allylic oxidation sites excluding steroid dienone is 1. The lowest BCUT2D eigenvalue weighted by Crippen LogP contribution is -2.54. The van der Waals surface area contributed by atoms with E-state index in [2.05, 4.69) is 13.8 Å². The molecule has 4 aliphatic carbocycles. The van der Waals surface area contributed by atoms with Gasteiger partial charge in [0.25, 0.3) is 0 Å². The van der Waals surface area contributed by atoms with Crippen molar-refractivity contribution >= 4 is 5.78 Å². The van der Waals surface area contributed by atoms with E-state index in [9.17, 15) is 14.3 Å². The molecule has 3 fully saturated rings. The van der Waals surface area contributed by atoms with Crippen molar-refractivity contribution in [2.24, 2.45) is 35.0 Å². The minimum absolute atomic E-state index is 0.278. The molecule has 0 radical (unpaired) electrons. The predicted molar refractivity (Wildman–Crippen MR) is 87.5 cm³/mol. The first-order valence-corrected chi connectivity index (χ1v) is 9.35. The summed E-state index contributed by atoms with van der Waals surface area (Å²) in [5, 5.41) is 10.8. The Morgan fingerprint density at radius 1 is 1.30 bits per heavy atom. The predicted octanol–water partition coefficient (Wildman–Crippen LogP) is 4.07. The third-order valence-electron chi connectivity index (χ3n) is 8.26. The van der Waals surface area contributed by atoms with Gasteiger partial charge in [0.15, 0.2) is 5.78 Å². The minimum atomic E-state index is -1.19. The van der Waals surface area contributed by atoms with Crippen molar-refractivity contribution in [1.29, 1.82) is 0 Å². The Labute approximate surface area is 138 Å². The van der Waals surface area contributed by atoms with Crippen LogP contribution in [0.2, 0.25) is 0 Å². The first-order chi connectivity index (χ1) is 10.8. The van der Waals surface area contributed by atoms with Crippen molar-refractivity contribution in [3.8, 4) is 0 Å². The molecule has 0 aromatic rings. The van der Waals surface area contributed by atoms with Crippen LogP contribution < -0.4 is 0 Å². The lowest BCUT2D eigenvalue weighted by molar-refractivity contribution is -0.132. The first kappa shape index (κ1) is 15.8. The molecule has 0 aromatic heterocycles. The van der Waals surface area contributed by atoms with E-state index in [1.54, 1.807) is 6.92 Å². The van der Waals surface area contributed by atoms with Crippen molar-refractivity contribution < 1.29 is 14.3 Å². The van der Waals surface area contributed by atoms with E-state index in [1.165, 1.54) is 5.57 Å². The molecule has 0 spiro atoms. The van der Waals surface area contributed by atoms with Crippen molar-refractivity contribution in [2.45, 2.75) is 71.1 Å². The summed E-state index contributed by atoms with van der Waals surface area (Å²) in [6.45, 7) is 6.12. The fourth-order valence-electron chi connectivity index (χ4n) is 6.79. The van der Waals surface area contributed by atoms with Gasteiger partial charge in [-0.2, -0.15) is 0 Å². The summed E-state index contributed by atoms with van der Waals surface area (Å²) in [6.07, 6.45) is 5.96. The van der Waals surface area contributed by atoms with Gasteiger partial charge < -0.3 is 5.11 Å². The highest BCUT2D eigenvalue weighted by Gasteiger charge is 2.65. The zero-order valence-corrected chi connectivity index (χ0v) is 14.5. The van der Waals surface area contributed by atoms with Crippen molar-refractivity contribution in [1.82, 2.24) is 0 Å². The van der Waals surface area contributed by atoms with Crippen molar-refractivity contribution in [3.05, 3.63) is 11.6 Å². The standard InChI is InChI=1S/C20H29FO2/c1-11-8-12-9-13(22)4-5-14(12)15-6-7-19(2)16(18(11)15)10-17(21)20(19,3)23/h9,11,14-18,23H,4-8,10H2,1-3H3/t11?,14-,15?,16?,17-,18?,19-,20-/m0/s1. The summed E-state index contributed by atoms with van der Waals surface area (Å²) in [4.78, 5) is 11.8. The van der Waals surface area contributed by atoms with E-state index in [1.807, 2.05) is 6.08 Å². The number of ketones is 1. The largest absolute Gasteiger partial charge is 0.387 e. The number of hydrogen-bond donors (Lipinski definition) is 1. The Balaban J connectivity index is 1.71. The molecule has 128 valence electrons. The van der Waals surface area contributed by atoms with Gasteiger partial charge in [0.1, 0.15) is 6.17 Å². The molecule has 3 saturated carbocycles. The van der Waals surface area contributed by atoms with E-state index in [-0.39, 0.29) is 17.1 Å². The highest BCUT2D eigenvalue weighted by Crippen LogP contribution is 2.66. The second-order valence-corrected chi connectivity index (χ2v) is 9.17. The van der Waals surface area contributed by atoms with Crippen LogP contribution in [0.1, 0.15) is 59.3 Å². The normalized spacial score (nSPS) is 55.7. The van der Waals surface area contributed by atoms with Crippen LogP contribution in [-0.4, -0.2) is 22.7 Å². The molecule has 0 bridgehead atoms. The van der Waals surface area contributed by atoms with Gasteiger partial charge in [-0.1, -0.05) is 19.4 Å². The fraction of sp³-hybridized carbons (Fsp3) is 0.850. The highest BCUT2D eigenvalue weighted by atomic mass is 19.1. The van der Waals surface area contributed by atoms with Crippen molar-refractivity contribution in [3.63, 3.8) is 0 Å². The number of fused-ring (bicyclic) bond motifs is 5. The van der Waals surface area contributed by atoms with Gasteiger partial charge in [0.05, 0.1) is 5.60 Å². The van der Waals surface area contributed by atoms with Crippen LogP contribution in [0, 0.1) is 35.0 Å². The van der Waals surface area contributed by atoms with Crippen LogP contribution in [-0.2, 0) is 4.79 Å². The molecule has 23 heavy (non-hydrogen) atoms. The molecule has 0 heterocycles. The number of alkyl halides is 1. The molecule has 4 aliphatic rings. The van der Waals surface area contributed by atoms with Gasteiger partial charge in [0.2, 0.25) is 0 Å². The molecule has 0 amide bonds. The molecular weight excluding hydrogens is 291 g/mol. The van der Waals surface area contributed by atoms with Gasteiger partial charge in [-0.25, -0.2) is 4.39 Å². The van der Waals surface area contributed by atoms with Crippen LogP contribution in [0.25, 0.3) is 0 Å². The van der Waals surface area contributed by atoms with E-state index >= 15 is 0 Å². The van der Waals surface area contributed by atoms with E-state index < -0.39 is 11.8 Å². The monoisotopic (exact) mass is 320 g/mol. The summed E-state index contributed by atoms with van der Waals surface area (Å²) in [5.74, 6) is 2.66. The Kier molecular flexibility index (Phi) is 3.37. The summed E-state index contributed by atoms with van der Waals surface area (Å²) >= 11 is 0. The Morgan fingerprint density at radius 2 is 2.04 bits per heavy atom. The number of halogens is 1. The molecule has 0 aliphatic heterocycles. The minimum Gasteiger partial charge on any atom is -0.387 e. The number of carbonyl (C=O) groups excluding carboxylic acids is 1. The average Bonchev–Trinajstić information content (AvgIpc) is 2.66. The van der Waals surface area contributed by atoms with Crippen LogP contribution in [0.5, 0.6) is 0 Å². The molecule has 4 rings (SSSR count). The quantitative estimate of drug-likeness (QED) is 0.730. The second kappa shape index (κ2) is 4.91. The average molecular weight is 320 g/mol. The maximum absolute atomic E-state index is 14.6. The van der Waals surface area contributed by atoms with Crippen LogP contribution in [0.15, 0.2) is 11.6 Å². The van der Waals surface area contributed by atoms with Crippen LogP contribution in [0.4, 0.5) is 4.39 Å². The maximum atomic E-state index is 14.6. The van der Waals surface area contributed by atoms with Gasteiger partial charge in [-0.15, -0.1) is 0 Å². The number of carbonyl (C=O) groups is 1. The lowest BCUT2D eigenvalue weighted by Gasteiger charge is -2.57. The number of aliphatic hydroxyl groups is 1. The zero-order valence-electron chi connectivity index (χ0n) is 14.5. The molecule has 4 unspecified atom stereocenters. The van der Waals surface area contributed by atoms with E-state index in [4.69, 9.17) is 0 Å². The summed E-state index contributed by atoms with van der Waals surface area (Å²) in [5.41, 5.74) is -0.130. The third-order valence-corrected chi connectivity index (χ3v) is 8.26. The van der Waals surface area contributed by atoms with Gasteiger partial charge in [-0.3, -0.25) is 4.79 Å². The summed E-state index contributed by atoms with van der Waals surface area (Å²) in [7, 11) is 0. The Morgan fingerprint density at radius 3 is 2.78 bits per heavy atom. The second-order valence-electron chi connectivity index (χ2n) is 9.17. The maximum Gasteiger partial charge on any atom is 0.155 e. The van der Waals surface area contributed by atoms with Crippen molar-refractivity contribution in [2.75, 3.05) is 0 Å². The van der Waals surface area contributed by atoms with E-state index in [0.29, 0.717) is 36.5 Å². The van der Waals surface area contributed by atoms with Crippen LogP contribution >= 0.6 is 0 Å². The molecular formula is C20H29FO2. The SMILES string of the molecule is CC1CC2=CC(=O)CC[C@@H]2C2CC[C@@]3(C)C(C[C@H](F)[C@]3(C)O)C12. The number of rotatable bonds is 0. The fourth-order valence-corrected chi connectivity index (χ4v) is 6.79. The molecule has 0 aromatic carbocycles. The molecule has 8 atom stereocenters.